The fraction of sp³-hybridized carbons (Fsp3) is 0. The summed E-state index contributed by atoms with van der Waals surface area (Å²) in [6, 6.07) is 4.84. The number of aromatic carboxylic acids is 1. The quantitative estimate of drug-likeness (QED) is 0.681. The Kier molecular flexibility index (Phi) is 1.67. The molecule has 5 heteroatoms. The predicted molar refractivity (Wildman–Crippen MR) is 46.0 cm³/mol. The van der Waals surface area contributed by atoms with Crippen LogP contribution in [0.25, 0.3) is 10.9 Å². The number of carbonyl (C=O) groups is 1. The van der Waals surface area contributed by atoms with Crippen LogP contribution in [0.5, 0.6) is 0 Å². The molecule has 2 aromatic rings. The third kappa shape index (κ3) is 1.10. The normalized spacial score (nSPS) is 10.6. The van der Waals surface area contributed by atoms with Gasteiger partial charge in [0.05, 0.1) is 5.52 Å². The Balaban J connectivity index is 2.79. The van der Waals surface area contributed by atoms with Crippen molar-refractivity contribution in [2.45, 2.75) is 0 Å². The van der Waals surface area contributed by atoms with Crippen LogP contribution in [0.2, 0.25) is 0 Å². The van der Waals surface area contributed by atoms with Gasteiger partial charge in [-0.15, -0.1) is 0 Å². The zero-order valence-corrected chi connectivity index (χ0v) is 6.94. The van der Waals surface area contributed by atoms with Gasteiger partial charge in [-0.1, -0.05) is 0 Å². The van der Waals surface area contributed by atoms with Gasteiger partial charge in [0.1, 0.15) is 5.82 Å². The molecule has 0 aliphatic heterocycles. The molecule has 14 heavy (non-hydrogen) atoms. The SMILES string of the molecule is O=C(O)c1cc2cc(F)ccc2n1O. The lowest BCUT2D eigenvalue weighted by Crippen LogP contribution is -2.04. The molecule has 2 rings (SSSR count). The molecule has 0 saturated heterocycles. The van der Waals surface area contributed by atoms with Crippen LogP contribution in [0.3, 0.4) is 0 Å². The monoisotopic (exact) mass is 195 g/mol. The Morgan fingerprint density at radius 2 is 2.07 bits per heavy atom. The molecule has 1 aromatic carbocycles. The van der Waals surface area contributed by atoms with E-state index in [2.05, 4.69) is 0 Å². The van der Waals surface area contributed by atoms with Crippen molar-refractivity contribution in [3.05, 3.63) is 35.8 Å². The van der Waals surface area contributed by atoms with Gasteiger partial charge in [0, 0.05) is 5.39 Å². The molecule has 0 aliphatic rings. The van der Waals surface area contributed by atoms with E-state index in [1.807, 2.05) is 0 Å². The van der Waals surface area contributed by atoms with Crippen molar-refractivity contribution < 1.29 is 19.5 Å². The number of hydrogen-bond acceptors (Lipinski definition) is 2. The van der Waals surface area contributed by atoms with Gasteiger partial charge in [0.25, 0.3) is 0 Å². The molecule has 0 amide bonds. The number of benzene rings is 1. The average Bonchev–Trinajstić information content (AvgIpc) is 2.43. The summed E-state index contributed by atoms with van der Waals surface area (Å²) in [7, 11) is 0. The smallest absolute Gasteiger partial charge is 0.356 e. The first kappa shape index (κ1) is 8.55. The van der Waals surface area contributed by atoms with E-state index in [4.69, 9.17) is 5.11 Å². The first-order chi connectivity index (χ1) is 6.59. The largest absolute Gasteiger partial charge is 0.476 e. The van der Waals surface area contributed by atoms with Gasteiger partial charge in [-0.25, -0.2) is 9.18 Å². The maximum absolute atomic E-state index is 12.7. The Morgan fingerprint density at radius 3 is 2.71 bits per heavy atom. The highest BCUT2D eigenvalue weighted by Crippen LogP contribution is 2.19. The molecule has 2 N–H and O–H groups in total. The van der Waals surface area contributed by atoms with E-state index in [0.717, 1.165) is 12.1 Å². The topological polar surface area (TPSA) is 62.5 Å². The van der Waals surface area contributed by atoms with Crippen LogP contribution in [0.15, 0.2) is 24.3 Å². The first-order valence-electron chi connectivity index (χ1n) is 3.83. The molecule has 0 bridgehead atoms. The van der Waals surface area contributed by atoms with Crippen molar-refractivity contribution >= 4 is 16.9 Å². The summed E-state index contributed by atoms with van der Waals surface area (Å²) in [6.07, 6.45) is 0. The molecule has 0 aliphatic carbocycles. The summed E-state index contributed by atoms with van der Waals surface area (Å²) in [4.78, 5) is 10.6. The number of nitrogens with zero attached hydrogens (tertiary/aromatic N) is 1. The molecule has 1 aromatic heterocycles. The van der Waals surface area contributed by atoms with Crippen molar-refractivity contribution in [3.63, 3.8) is 0 Å². The number of carboxylic acids is 1. The van der Waals surface area contributed by atoms with E-state index in [0.29, 0.717) is 10.1 Å². The summed E-state index contributed by atoms with van der Waals surface area (Å²) in [5.74, 6) is -1.73. The van der Waals surface area contributed by atoms with Crippen molar-refractivity contribution in [2.75, 3.05) is 0 Å². The van der Waals surface area contributed by atoms with Crippen LogP contribution in [-0.2, 0) is 0 Å². The minimum atomic E-state index is -1.26. The number of halogens is 1. The summed E-state index contributed by atoms with van der Waals surface area (Å²) < 4.78 is 13.3. The summed E-state index contributed by atoms with van der Waals surface area (Å²) in [5, 5.41) is 18.4. The minimum absolute atomic E-state index is 0.267. The Labute approximate surface area is 77.8 Å². The van der Waals surface area contributed by atoms with Crippen LogP contribution in [0, 0.1) is 5.82 Å². The van der Waals surface area contributed by atoms with Crippen LogP contribution >= 0.6 is 0 Å². The maximum atomic E-state index is 12.7. The lowest BCUT2D eigenvalue weighted by Gasteiger charge is -1.96. The Hall–Kier alpha value is -2.04. The molecular formula is C9H6FNO3. The van der Waals surface area contributed by atoms with E-state index >= 15 is 0 Å². The zero-order chi connectivity index (χ0) is 10.3. The fourth-order valence-corrected chi connectivity index (χ4v) is 1.32. The highest BCUT2D eigenvalue weighted by Gasteiger charge is 2.13. The van der Waals surface area contributed by atoms with Crippen molar-refractivity contribution in [1.82, 2.24) is 4.73 Å². The van der Waals surface area contributed by atoms with Crippen LogP contribution in [0.4, 0.5) is 4.39 Å². The van der Waals surface area contributed by atoms with Crippen molar-refractivity contribution in [1.29, 1.82) is 0 Å². The molecule has 0 saturated carbocycles. The van der Waals surface area contributed by atoms with E-state index in [1.165, 1.54) is 12.1 Å². The van der Waals surface area contributed by atoms with E-state index in [-0.39, 0.29) is 11.2 Å². The summed E-state index contributed by atoms with van der Waals surface area (Å²) in [6.45, 7) is 0. The van der Waals surface area contributed by atoms with Gasteiger partial charge in [0.15, 0.2) is 5.69 Å². The van der Waals surface area contributed by atoms with Gasteiger partial charge in [0.2, 0.25) is 0 Å². The number of fused-ring (bicyclic) bond motifs is 1. The van der Waals surface area contributed by atoms with Crippen molar-refractivity contribution in [2.24, 2.45) is 0 Å². The molecule has 1 heterocycles. The number of rotatable bonds is 1. The number of carboxylic acid groups (broad SMARTS) is 1. The minimum Gasteiger partial charge on any atom is -0.476 e. The highest BCUT2D eigenvalue weighted by molar-refractivity contribution is 5.94. The van der Waals surface area contributed by atoms with Gasteiger partial charge < -0.3 is 10.3 Å². The molecular weight excluding hydrogens is 189 g/mol. The maximum Gasteiger partial charge on any atom is 0.356 e. The molecule has 0 atom stereocenters. The van der Waals surface area contributed by atoms with E-state index in [1.54, 1.807) is 0 Å². The fourth-order valence-electron chi connectivity index (χ4n) is 1.32. The molecule has 0 radical (unpaired) electrons. The third-order valence-corrected chi connectivity index (χ3v) is 1.96. The van der Waals surface area contributed by atoms with Gasteiger partial charge in [-0.2, -0.15) is 4.73 Å². The number of aromatic nitrogens is 1. The van der Waals surface area contributed by atoms with Crippen molar-refractivity contribution in [3.8, 4) is 0 Å². The standard InChI is InChI=1S/C9H6FNO3/c10-6-1-2-7-5(3-6)4-8(9(12)13)11(7)14/h1-4,14H,(H,12,13). The molecule has 0 unspecified atom stereocenters. The molecule has 4 nitrogen and oxygen atoms in total. The van der Waals surface area contributed by atoms with Gasteiger partial charge in [-0.05, 0) is 24.3 Å². The second kappa shape index (κ2) is 2.73. The molecule has 0 fully saturated rings. The highest BCUT2D eigenvalue weighted by atomic mass is 19.1. The Morgan fingerprint density at radius 1 is 1.36 bits per heavy atom. The van der Waals surface area contributed by atoms with Crippen LogP contribution < -0.4 is 0 Å². The second-order valence-corrected chi connectivity index (χ2v) is 2.85. The molecule has 72 valence electrons. The lowest BCUT2D eigenvalue weighted by atomic mass is 10.2. The number of hydrogen-bond donors (Lipinski definition) is 2. The third-order valence-electron chi connectivity index (χ3n) is 1.96. The summed E-state index contributed by atoms with van der Waals surface area (Å²) >= 11 is 0. The first-order valence-corrected chi connectivity index (χ1v) is 3.83. The lowest BCUT2D eigenvalue weighted by molar-refractivity contribution is 0.0649. The van der Waals surface area contributed by atoms with Gasteiger partial charge >= 0.3 is 5.97 Å². The van der Waals surface area contributed by atoms with E-state index in [9.17, 15) is 14.4 Å². The Bertz CT molecular complexity index is 518. The molecule has 0 spiro atoms. The van der Waals surface area contributed by atoms with E-state index < -0.39 is 11.8 Å². The van der Waals surface area contributed by atoms with Crippen LogP contribution in [-0.4, -0.2) is 21.0 Å². The zero-order valence-electron chi connectivity index (χ0n) is 6.94. The predicted octanol–water partition coefficient (Wildman–Crippen LogP) is 1.72. The van der Waals surface area contributed by atoms with Crippen LogP contribution in [0.1, 0.15) is 10.5 Å². The second-order valence-electron chi connectivity index (χ2n) is 2.85. The average molecular weight is 195 g/mol. The summed E-state index contributed by atoms with van der Waals surface area (Å²) in [5.41, 5.74) is -0.0191. The van der Waals surface area contributed by atoms with Gasteiger partial charge in [-0.3, -0.25) is 0 Å².